The van der Waals surface area contributed by atoms with Crippen LogP contribution in [-0.2, 0) is 13.1 Å². The molecule has 0 bridgehead atoms. The number of benzene rings is 2. The molecule has 6 nitrogen and oxygen atoms in total. The Morgan fingerprint density at radius 2 is 2.14 bits per heavy atom. The number of carbonyl (C=O) groups excluding carboxylic acids is 1. The Labute approximate surface area is 167 Å². The highest BCUT2D eigenvalue weighted by molar-refractivity contribution is 5.93. The molecule has 0 spiro atoms. The largest absolute Gasteiger partial charge is 0.497 e. The Morgan fingerprint density at radius 3 is 2.93 bits per heavy atom. The number of aldehydes is 1. The lowest BCUT2D eigenvalue weighted by Crippen LogP contribution is -2.16. The zero-order valence-corrected chi connectivity index (χ0v) is 16.2. The van der Waals surface area contributed by atoms with E-state index in [1.54, 1.807) is 13.2 Å². The van der Waals surface area contributed by atoms with Gasteiger partial charge >= 0.3 is 0 Å². The molecule has 1 saturated carbocycles. The smallest absolute Gasteiger partial charge is 0.158 e. The van der Waals surface area contributed by atoms with Crippen LogP contribution >= 0.6 is 0 Å². The van der Waals surface area contributed by atoms with E-state index in [2.05, 4.69) is 27.3 Å². The summed E-state index contributed by atoms with van der Waals surface area (Å²) in [5, 5.41) is 1.15. The van der Waals surface area contributed by atoms with Gasteiger partial charge in [0.05, 0.1) is 24.9 Å². The van der Waals surface area contributed by atoms with Crippen molar-refractivity contribution in [3.63, 3.8) is 0 Å². The highest BCUT2D eigenvalue weighted by Gasteiger charge is 2.27. The van der Waals surface area contributed by atoms with Crippen LogP contribution in [0.25, 0.3) is 33.5 Å². The number of hydrogen-bond acceptors (Lipinski definition) is 4. The van der Waals surface area contributed by atoms with Crippen LogP contribution in [0.2, 0.25) is 0 Å². The summed E-state index contributed by atoms with van der Waals surface area (Å²) in [7, 11) is 1.70. The summed E-state index contributed by atoms with van der Waals surface area (Å²) >= 11 is 0. The first-order valence-corrected chi connectivity index (χ1v) is 10.0. The minimum atomic E-state index is 0.574. The summed E-state index contributed by atoms with van der Waals surface area (Å²) in [6, 6.07) is 12.1. The lowest BCUT2D eigenvalue weighted by atomic mass is 10.2. The Morgan fingerprint density at radius 1 is 1.24 bits per heavy atom. The minimum Gasteiger partial charge on any atom is -0.497 e. The van der Waals surface area contributed by atoms with Crippen molar-refractivity contribution in [2.45, 2.75) is 25.9 Å². The molecule has 4 aromatic rings. The third-order valence-electron chi connectivity index (χ3n) is 6.01. The third kappa shape index (κ3) is 2.55. The summed E-state index contributed by atoms with van der Waals surface area (Å²) in [6.45, 7) is 2.31. The number of nitrogens with zero attached hydrogens (tertiary/aromatic N) is 3. The van der Waals surface area contributed by atoms with Crippen molar-refractivity contribution in [3.05, 3.63) is 42.0 Å². The predicted octanol–water partition coefficient (Wildman–Crippen LogP) is 4.28. The molecule has 2 aliphatic rings. The van der Waals surface area contributed by atoms with Gasteiger partial charge in [-0.15, -0.1) is 0 Å². The molecule has 2 aromatic carbocycles. The number of methoxy groups -OCH3 is 1. The second kappa shape index (κ2) is 6.11. The van der Waals surface area contributed by atoms with E-state index in [9.17, 15) is 4.79 Å². The zero-order valence-electron chi connectivity index (χ0n) is 16.2. The van der Waals surface area contributed by atoms with Gasteiger partial charge in [-0.05, 0) is 55.2 Å². The number of rotatable bonds is 5. The van der Waals surface area contributed by atoms with Crippen molar-refractivity contribution in [1.82, 2.24) is 14.1 Å². The van der Waals surface area contributed by atoms with Crippen molar-refractivity contribution >= 4 is 28.2 Å². The Bertz CT molecular complexity index is 1280. The average Bonchev–Trinajstić information content (AvgIpc) is 3.40. The maximum atomic E-state index is 11.4. The van der Waals surface area contributed by atoms with Gasteiger partial charge < -0.3 is 18.6 Å². The van der Waals surface area contributed by atoms with Gasteiger partial charge in [0, 0.05) is 23.0 Å². The van der Waals surface area contributed by atoms with Crippen LogP contribution < -0.4 is 9.47 Å². The summed E-state index contributed by atoms with van der Waals surface area (Å²) in [5.74, 6) is 3.26. The highest BCUT2D eigenvalue weighted by atomic mass is 16.5. The van der Waals surface area contributed by atoms with Crippen LogP contribution in [0.3, 0.4) is 0 Å². The Balaban J connectivity index is 1.62. The predicted molar refractivity (Wildman–Crippen MR) is 111 cm³/mol. The molecule has 1 aliphatic carbocycles. The second-order valence-electron chi connectivity index (χ2n) is 7.95. The molecular weight excluding hydrogens is 366 g/mol. The molecule has 1 aliphatic heterocycles. The van der Waals surface area contributed by atoms with E-state index in [1.165, 1.54) is 18.4 Å². The molecule has 1 fully saturated rings. The number of hydrogen-bond donors (Lipinski definition) is 0. The first-order chi connectivity index (χ1) is 14.2. The second-order valence-corrected chi connectivity index (χ2v) is 7.95. The molecule has 3 heterocycles. The lowest BCUT2D eigenvalue weighted by Gasteiger charge is -2.19. The molecule has 146 valence electrons. The Kier molecular flexibility index (Phi) is 3.51. The van der Waals surface area contributed by atoms with Crippen LogP contribution in [-0.4, -0.2) is 34.1 Å². The third-order valence-corrected chi connectivity index (χ3v) is 6.01. The van der Waals surface area contributed by atoms with Gasteiger partial charge in [-0.3, -0.25) is 4.79 Å². The van der Waals surface area contributed by atoms with E-state index in [1.807, 2.05) is 12.1 Å². The van der Waals surface area contributed by atoms with E-state index in [0.717, 1.165) is 64.7 Å². The lowest BCUT2D eigenvalue weighted by molar-refractivity contribution is 0.112. The summed E-state index contributed by atoms with van der Waals surface area (Å²) < 4.78 is 15.9. The first kappa shape index (κ1) is 16.7. The molecule has 0 N–H and O–H groups in total. The van der Waals surface area contributed by atoms with Gasteiger partial charge in [-0.2, -0.15) is 0 Å². The fourth-order valence-electron chi connectivity index (χ4n) is 4.41. The average molecular weight is 387 g/mol. The van der Waals surface area contributed by atoms with E-state index in [0.29, 0.717) is 12.2 Å². The minimum absolute atomic E-state index is 0.574. The van der Waals surface area contributed by atoms with Gasteiger partial charge in [0.25, 0.3) is 0 Å². The SMILES string of the molecule is COc1ccc2c(c1)cc(-c1nc3cc(C=O)cc4c3n1CCO4)n2CC1CC1. The van der Waals surface area contributed by atoms with Crippen molar-refractivity contribution < 1.29 is 14.3 Å². The van der Waals surface area contributed by atoms with Crippen LogP contribution in [0.15, 0.2) is 36.4 Å². The number of aromatic nitrogens is 3. The quantitative estimate of drug-likeness (QED) is 0.480. The van der Waals surface area contributed by atoms with Gasteiger partial charge in [0.15, 0.2) is 5.82 Å². The topological polar surface area (TPSA) is 58.3 Å². The summed E-state index contributed by atoms with van der Waals surface area (Å²) in [4.78, 5) is 16.3. The van der Waals surface area contributed by atoms with Crippen molar-refractivity contribution in [1.29, 1.82) is 0 Å². The molecule has 0 atom stereocenters. The van der Waals surface area contributed by atoms with E-state index < -0.39 is 0 Å². The monoisotopic (exact) mass is 387 g/mol. The summed E-state index contributed by atoms with van der Waals surface area (Å²) in [5.41, 5.74) is 4.68. The number of fused-ring (bicyclic) bond motifs is 1. The van der Waals surface area contributed by atoms with Crippen LogP contribution in [0.5, 0.6) is 11.5 Å². The fourth-order valence-corrected chi connectivity index (χ4v) is 4.41. The molecule has 0 radical (unpaired) electrons. The molecule has 0 amide bonds. The molecular formula is C23H21N3O3. The van der Waals surface area contributed by atoms with Gasteiger partial charge in [0.2, 0.25) is 0 Å². The molecule has 6 rings (SSSR count). The van der Waals surface area contributed by atoms with Crippen molar-refractivity contribution in [3.8, 4) is 23.0 Å². The molecule has 2 aromatic heterocycles. The molecule has 29 heavy (non-hydrogen) atoms. The Hall–Kier alpha value is -3.28. The standard InChI is InChI=1S/C23H21N3O3/c1-28-17-4-5-19-16(10-17)11-20(26(19)12-14-2-3-14)23-24-18-8-15(13-27)9-21-22(18)25(23)6-7-29-21/h4-5,8-11,13-14H,2-3,6-7,12H2,1H3. The summed E-state index contributed by atoms with van der Waals surface area (Å²) in [6.07, 6.45) is 3.42. The van der Waals surface area contributed by atoms with Crippen molar-refractivity contribution in [2.24, 2.45) is 5.92 Å². The first-order valence-electron chi connectivity index (χ1n) is 10.0. The number of imidazole rings is 1. The van der Waals surface area contributed by atoms with E-state index >= 15 is 0 Å². The van der Waals surface area contributed by atoms with Crippen LogP contribution in [0.4, 0.5) is 0 Å². The molecule has 0 unspecified atom stereocenters. The van der Waals surface area contributed by atoms with Gasteiger partial charge in [-0.25, -0.2) is 4.98 Å². The zero-order chi connectivity index (χ0) is 19.5. The maximum absolute atomic E-state index is 11.4. The molecule has 6 heteroatoms. The maximum Gasteiger partial charge on any atom is 0.158 e. The highest BCUT2D eigenvalue weighted by Crippen LogP contribution is 2.39. The van der Waals surface area contributed by atoms with Crippen LogP contribution in [0.1, 0.15) is 23.2 Å². The number of carbonyl (C=O) groups is 1. The molecule has 0 saturated heterocycles. The fraction of sp³-hybridized carbons (Fsp3) is 0.304. The number of ether oxygens (including phenoxy) is 2. The van der Waals surface area contributed by atoms with E-state index in [4.69, 9.17) is 14.5 Å². The van der Waals surface area contributed by atoms with E-state index in [-0.39, 0.29) is 0 Å². The van der Waals surface area contributed by atoms with Crippen LogP contribution in [0, 0.1) is 5.92 Å². The normalized spacial score (nSPS) is 15.6. The van der Waals surface area contributed by atoms with Crippen molar-refractivity contribution in [2.75, 3.05) is 13.7 Å². The van der Waals surface area contributed by atoms with Gasteiger partial charge in [0.1, 0.15) is 29.9 Å². The van der Waals surface area contributed by atoms with Gasteiger partial charge in [-0.1, -0.05) is 0 Å².